The largest absolute Gasteiger partial charge is 0.381 e. The minimum atomic E-state index is -3.54. The standard InChI is InChI=1S/C18H23NO3S2/c1-14-5-6-18(15(2)12-14)24(20,21)19(13-17-4-3-11-23-17)16-7-9-22-10-8-16/h3-6,11-12,16H,7-10,13H2,1-2H3. The van der Waals surface area contributed by atoms with Gasteiger partial charge in [0.25, 0.3) is 0 Å². The van der Waals surface area contributed by atoms with Crippen LogP contribution in [0.5, 0.6) is 0 Å². The van der Waals surface area contributed by atoms with Gasteiger partial charge in [0.15, 0.2) is 0 Å². The van der Waals surface area contributed by atoms with Crippen LogP contribution in [-0.2, 0) is 21.3 Å². The molecule has 1 saturated heterocycles. The first kappa shape index (κ1) is 17.6. The molecule has 4 nitrogen and oxygen atoms in total. The lowest BCUT2D eigenvalue weighted by Crippen LogP contribution is -2.42. The lowest BCUT2D eigenvalue weighted by atomic mass is 10.1. The van der Waals surface area contributed by atoms with E-state index >= 15 is 0 Å². The fourth-order valence-corrected chi connectivity index (χ4v) is 5.81. The molecule has 0 atom stereocenters. The highest BCUT2D eigenvalue weighted by atomic mass is 32.2. The van der Waals surface area contributed by atoms with Crippen LogP contribution in [0.1, 0.15) is 28.8 Å². The predicted octanol–water partition coefficient (Wildman–Crippen LogP) is 3.73. The van der Waals surface area contributed by atoms with Gasteiger partial charge in [-0.2, -0.15) is 4.31 Å². The number of aryl methyl sites for hydroxylation is 2. The second-order valence-electron chi connectivity index (χ2n) is 6.24. The molecular formula is C18H23NO3S2. The summed E-state index contributed by atoms with van der Waals surface area (Å²) in [7, 11) is -3.54. The molecule has 0 saturated carbocycles. The van der Waals surface area contributed by atoms with Crippen molar-refractivity contribution in [1.82, 2.24) is 4.31 Å². The molecule has 2 aromatic rings. The molecule has 0 spiro atoms. The van der Waals surface area contributed by atoms with Crippen molar-refractivity contribution in [1.29, 1.82) is 0 Å². The summed E-state index contributed by atoms with van der Waals surface area (Å²) in [6.07, 6.45) is 1.49. The Morgan fingerprint density at radius 1 is 1.21 bits per heavy atom. The Hall–Kier alpha value is -1.21. The SMILES string of the molecule is Cc1ccc(S(=O)(=O)N(Cc2cccs2)C2CCOCC2)c(C)c1. The van der Waals surface area contributed by atoms with Crippen LogP contribution in [0, 0.1) is 13.8 Å². The number of nitrogens with zero attached hydrogens (tertiary/aromatic N) is 1. The van der Waals surface area contributed by atoms with E-state index in [-0.39, 0.29) is 6.04 Å². The summed E-state index contributed by atoms with van der Waals surface area (Å²) in [5.74, 6) is 0. The van der Waals surface area contributed by atoms with Crippen molar-refractivity contribution < 1.29 is 13.2 Å². The van der Waals surface area contributed by atoms with Gasteiger partial charge >= 0.3 is 0 Å². The second-order valence-corrected chi connectivity index (χ2v) is 9.13. The molecule has 1 aliphatic rings. The van der Waals surface area contributed by atoms with Crippen LogP contribution in [-0.4, -0.2) is 32.0 Å². The number of thiophene rings is 1. The van der Waals surface area contributed by atoms with Crippen molar-refractivity contribution in [2.24, 2.45) is 0 Å². The average molecular weight is 366 g/mol. The molecular weight excluding hydrogens is 342 g/mol. The van der Waals surface area contributed by atoms with Crippen LogP contribution in [0.15, 0.2) is 40.6 Å². The van der Waals surface area contributed by atoms with Gasteiger partial charge in [-0.25, -0.2) is 8.42 Å². The topological polar surface area (TPSA) is 46.6 Å². The molecule has 1 aromatic heterocycles. The van der Waals surface area contributed by atoms with Crippen molar-refractivity contribution in [3.8, 4) is 0 Å². The maximum atomic E-state index is 13.4. The van der Waals surface area contributed by atoms with E-state index in [1.54, 1.807) is 21.7 Å². The number of ether oxygens (including phenoxy) is 1. The van der Waals surface area contributed by atoms with Gasteiger partial charge < -0.3 is 4.74 Å². The van der Waals surface area contributed by atoms with Gasteiger partial charge in [0, 0.05) is 30.7 Å². The van der Waals surface area contributed by atoms with Gasteiger partial charge in [-0.1, -0.05) is 23.8 Å². The Labute approximate surface area is 148 Å². The van der Waals surface area contributed by atoms with E-state index in [2.05, 4.69) is 0 Å². The Kier molecular flexibility index (Phi) is 5.39. The van der Waals surface area contributed by atoms with Crippen molar-refractivity contribution in [3.05, 3.63) is 51.7 Å². The highest BCUT2D eigenvalue weighted by Gasteiger charge is 2.33. The van der Waals surface area contributed by atoms with E-state index in [4.69, 9.17) is 4.74 Å². The normalized spacial score (nSPS) is 16.6. The van der Waals surface area contributed by atoms with Gasteiger partial charge in [0.1, 0.15) is 0 Å². The van der Waals surface area contributed by atoms with Crippen LogP contribution >= 0.6 is 11.3 Å². The van der Waals surface area contributed by atoms with Crippen LogP contribution in [0.3, 0.4) is 0 Å². The fraction of sp³-hybridized carbons (Fsp3) is 0.444. The Bertz CT molecular complexity index is 779. The van der Waals surface area contributed by atoms with Crippen molar-refractivity contribution >= 4 is 21.4 Å². The third kappa shape index (κ3) is 3.72. The third-order valence-corrected chi connectivity index (χ3v) is 7.33. The average Bonchev–Trinajstić information content (AvgIpc) is 3.06. The van der Waals surface area contributed by atoms with E-state index < -0.39 is 10.0 Å². The zero-order chi connectivity index (χ0) is 17.2. The molecule has 0 radical (unpaired) electrons. The van der Waals surface area contributed by atoms with Crippen molar-refractivity contribution in [3.63, 3.8) is 0 Å². The first-order valence-electron chi connectivity index (χ1n) is 8.18. The van der Waals surface area contributed by atoms with Gasteiger partial charge in [0.2, 0.25) is 10.0 Å². The number of hydrogen-bond donors (Lipinski definition) is 0. The third-order valence-electron chi connectivity index (χ3n) is 4.41. The fourth-order valence-electron chi connectivity index (χ4n) is 3.15. The summed E-state index contributed by atoms with van der Waals surface area (Å²) in [6, 6.07) is 9.49. The number of hydrogen-bond acceptors (Lipinski definition) is 4. The molecule has 6 heteroatoms. The highest BCUT2D eigenvalue weighted by molar-refractivity contribution is 7.89. The van der Waals surface area contributed by atoms with E-state index in [9.17, 15) is 8.42 Å². The smallest absolute Gasteiger partial charge is 0.243 e. The maximum absolute atomic E-state index is 13.4. The minimum absolute atomic E-state index is 0.00782. The summed E-state index contributed by atoms with van der Waals surface area (Å²) in [5, 5.41) is 1.99. The molecule has 1 aliphatic heterocycles. The van der Waals surface area contributed by atoms with Crippen molar-refractivity contribution in [2.75, 3.05) is 13.2 Å². The molecule has 2 heterocycles. The van der Waals surface area contributed by atoms with Crippen molar-refractivity contribution in [2.45, 2.75) is 44.2 Å². The van der Waals surface area contributed by atoms with Crippen LogP contribution in [0.2, 0.25) is 0 Å². The Morgan fingerprint density at radius 3 is 2.58 bits per heavy atom. The number of benzene rings is 1. The summed E-state index contributed by atoms with van der Waals surface area (Å²) < 4.78 is 33.9. The predicted molar refractivity (Wildman–Crippen MR) is 96.8 cm³/mol. The molecule has 24 heavy (non-hydrogen) atoms. The van der Waals surface area contributed by atoms with Gasteiger partial charge in [-0.3, -0.25) is 0 Å². The van der Waals surface area contributed by atoms with Crippen LogP contribution in [0.25, 0.3) is 0 Å². The first-order valence-corrected chi connectivity index (χ1v) is 10.5. The molecule has 1 fully saturated rings. The summed E-state index contributed by atoms with van der Waals surface area (Å²) >= 11 is 1.60. The lowest BCUT2D eigenvalue weighted by Gasteiger charge is -2.33. The zero-order valence-electron chi connectivity index (χ0n) is 14.1. The monoisotopic (exact) mass is 365 g/mol. The summed E-state index contributed by atoms with van der Waals surface area (Å²) in [6.45, 7) is 5.51. The summed E-state index contributed by atoms with van der Waals surface area (Å²) in [4.78, 5) is 1.48. The van der Waals surface area contributed by atoms with Crippen LogP contribution < -0.4 is 0 Å². The number of rotatable bonds is 5. The molecule has 3 rings (SSSR count). The molecule has 130 valence electrons. The molecule has 0 bridgehead atoms. The van der Waals surface area contributed by atoms with Gasteiger partial charge in [-0.15, -0.1) is 11.3 Å². The molecule has 0 amide bonds. The van der Waals surface area contributed by atoms with E-state index in [1.165, 1.54) is 0 Å². The quantitative estimate of drug-likeness (QED) is 0.811. The molecule has 0 N–H and O–H groups in total. The summed E-state index contributed by atoms with van der Waals surface area (Å²) in [5.41, 5.74) is 1.88. The van der Waals surface area contributed by atoms with Crippen LogP contribution in [0.4, 0.5) is 0 Å². The maximum Gasteiger partial charge on any atom is 0.243 e. The van der Waals surface area contributed by atoms with E-state index in [1.807, 2.05) is 43.5 Å². The second kappa shape index (κ2) is 7.35. The molecule has 0 unspecified atom stereocenters. The highest BCUT2D eigenvalue weighted by Crippen LogP contribution is 2.29. The first-order chi connectivity index (χ1) is 11.5. The van der Waals surface area contributed by atoms with Gasteiger partial charge in [-0.05, 0) is 49.8 Å². The molecule has 0 aliphatic carbocycles. The Morgan fingerprint density at radius 2 is 1.96 bits per heavy atom. The van der Waals surface area contributed by atoms with E-state index in [0.29, 0.717) is 24.7 Å². The number of sulfonamides is 1. The van der Waals surface area contributed by atoms with E-state index in [0.717, 1.165) is 28.8 Å². The molecule has 1 aromatic carbocycles. The Balaban J connectivity index is 1.98. The minimum Gasteiger partial charge on any atom is -0.381 e. The van der Waals surface area contributed by atoms with Gasteiger partial charge in [0.05, 0.1) is 4.90 Å². The zero-order valence-corrected chi connectivity index (χ0v) is 15.7. The lowest BCUT2D eigenvalue weighted by molar-refractivity contribution is 0.0571.